The lowest BCUT2D eigenvalue weighted by Crippen LogP contribution is -2.39. The molecule has 2 heterocycles. The van der Waals surface area contributed by atoms with E-state index in [2.05, 4.69) is 4.98 Å². The highest BCUT2D eigenvalue weighted by Gasteiger charge is 2.33. The lowest BCUT2D eigenvalue weighted by molar-refractivity contribution is -0.154. The monoisotopic (exact) mass is 540 g/mol. The van der Waals surface area contributed by atoms with Crippen molar-refractivity contribution in [2.75, 3.05) is 17.2 Å². The van der Waals surface area contributed by atoms with Gasteiger partial charge in [0.2, 0.25) is 10.0 Å². The van der Waals surface area contributed by atoms with Crippen molar-refractivity contribution in [1.82, 2.24) is 4.98 Å². The van der Waals surface area contributed by atoms with Crippen LogP contribution in [0.25, 0.3) is 21.1 Å². The first-order valence-corrected chi connectivity index (χ1v) is 14.2. The van der Waals surface area contributed by atoms with Crippen LogP contribution in [0.4, 0.5) is 5.69 Å². The summed E-state index contributed by atoms with van der Waals surface area (Å²) in [5.74, 6) is -1.08. The van der Waals surface area contributed by atoms with Gasteiger partial charge in [0.15, 0.2) is 0 Å². The van der Waals surface area contributed by atoms with E-state index in [-0.39, 0.29) is 24.1 Å². The molecule has 0 aliphatic heterocycles. The van der Waals surface area contributed by atoms with Crippen LogP contribution in [-0.4, -0.2) is 43.7 Å². The van der Waals surface area contributed by atoms with Gasteiger partial charge >= 0.3 is 5.97 Å². The van der Waals surface area contributed by atoms with Gasteiger partial charge in [-0.15, -0.1) is 11.3 Å². The van der Waals surface area contributed by atoms with Gasteiger partial charge in [0.1, 0.15) is 16.2 Å². The second-order valence-corrected chi connectivity index (χ2v) is 12.2. The smallest absolute Gasteiger partial charge is 0.306 e. The molecule has 4 rings (SSSR count). The number of esters is 1. The molecule has 0 aliphatic carbocycles. The molecule has 0 bridgehead atoms. The summed E-state index contributed by atoms with van der Waals surface area (Å²) < 4.78 is 38.7. The summed E-state index contributed by atoms with van der Waals surface area (Å²) in [5.41, 5.74) is 0.355. The van der Waals surface area contributed by atoms with Crippen molar-refractivity contribution in [3.8, 4) is 5.75 Å². The van der Waals surface area contributed by atoms with Gasteiger partial charge in [0.05, 0.1) is 29.6 Å². The van der Waals surface area contributed by atoms with Crippen molar-refractivity contribution in [1.29, 1.82) is 0 Å². The molecule has 8 nitrogen and oxygen atoms in total. The molecule has 1 amide bonds. The first-order valence-electron chi connectivity index (χ1n) is 11.7. The molecule has 0 fully saturated rings. The molecule has 2 aromatic carbocycles. The largest absolute Gasteiger partial charge is 0.497 e. The van der Waals surface area contributed by atoms with Crippen molar-refractivity contribution in [2.24, 2.45) is 0 Å². The summed E-state index contributed by atoms with van der Waals surface area (Å²) in [7, 11) is -2.68. The first kappa shape index (κ1) is 26.6. The van der Waals surface area contributed by atoms with Crippen LogP contribution in [0.3, 0.4) is 0 Å². The maximum Gasteiger partial charge on any atom is 0.306 e. The third-order valence-electron chi connectivity index (χ3n) is 5.50. The van der Waals surface area contributed by atoms with Gasteiger partial charge < -0.3 is 9.47 Å². The van der Waals surface area contributed by atoms with E-state index in [0.717, 1.165) is 4.31 Å². The van der Waals surface area contributed by atoms with Crippen LogP contribution < -0.4 is 9.04 Å². The fourth-order valence-electron chi connectivity index (χ4n) is 3.95. The quantitative estimate of drug-likeness (QED) is 0.270. The number of methoxy groups -OCH3 is 1. The molecule has 0 radical (unpaired) electrons. The Balaban J connectivity index is 1.76. The minimum Gasteiger partial charge on any atom is -0.497 e. The number of rotatable bonds is 8. The molecule has 0 aliphatic rings. The number of aromatic nitrogens is 1. The summed E-state index contributed by atoms with van der Waals surface area (Å²) in [6, 6.07) is 15.2. The molecular weight excluding hydrogens is 512 g/mol. The van der Waals surface area contributed by atoms with Gasteiger partial charge in [-0.25, -0.2) is 17.7 Å². The number of para-hydroxylation sites is 1. The molecule has 37 heavy (non-hydrogen) atoms. The first-order chi connectivity index (χ1) is 17.5. The van der Waals surface area contributed by atoms with Crippen LogP contribution >= 0.6 is 11.3 Å². The number of hydrogen-bond donors (Lipinski definition) is 0. The Labute approximate surface area is 219 Å². The summed E-state index contributed by atoms with van der Waals surface area (Å²) in [4.78, 5) is 31.6. The van der Waals surface area contributed by atoms with E-state index >= 15 is 0 Å². The van der Waals surface area contributed by atoms with Gasteiger partial charge in [-0.3, -0.25) is 9.59 Å². The number of fused-ring (bicyclic) bond motifs is 2. The molecule has 2 aromatic heterocycles. The standard InChI is InChI=1S/C27H28N2O6S2/c1-27(2,3)35-23(30)10-7-17-37(32,33)29(18-11-13-19(34-4)14-12-18)26(31)24-20-8-5-6-9-22(20)28-25-21(24)15-16-36-25/h5-6,8-9,11-16H,7,10,17H2,1-4H3. The van der Waals surface area contributed by atoms with Crippen LogP contribution in [0.15, 0.2) is 60.0 Å². The molecule has 0 spiro atoms. The normalized spacial score (nSPS) is 12.0. The van der Waals surface area contributed by atoms with E-state index in [0.29, 0.717) is 26.9 Å². The Hall–Kier alpha value is -3.50. The van der Waals surface area contributed by atoms with Crippen LogP contribution in [0.5, 0.6) is 5.75 Å². The van der Waals surface area contributed by atoms with Gasteiger partial charge in [-0.2, -0.15) is 0 Å². The van der Waals surface area contributed by atoms with E-state index in [1.165, 1.54) is 30.6 Å². The SMILES string of the molecule is COc1ccc(N(C(=O)c2c3ccccc3nc3sccc23)S(=O)(=O)CCCC(=O)OC(C)(C)C)cc1. The number of thiophene rings is 1. The Morgan fingerprint density at radius 3 is 2.38 bits per heavy atom. The number of nitrogens with zero attached hydrogens (tertiary/aromatic N) is 2. The fraction of sp³-hybridized carbons (Fsp3) is 0.296. The van der Waals surface area contributed by atoms with Crippen molar-refractivity contribution < 1.29 is 27.5 Å². The number of ether oxygens (including phenoxy) is 2. The molecule has 0 atom stereocenters. The fourth-order valence-corrected chi connectivity index (χ4v) is 6.21. The predicted octanol–water partition coefficient (Wildman–Crippen LogP) is 5.56. The number of amides is 1. The van der Waals surface area contributed by atoms with Crippen molar-refractivity contribution >= 4 is 60.0 Å². The lowest BCUT2D eigenvalue weighted by Gasteiger charge is -2.24. The summed E-state index contributed by atoms with van der Waals surface area (Å²) in [5, 5.41) is 2.96. The number of carbonyl (C=O) groups is 2. The highest BCUT2D eigenvalue weighted by molar-refractivity contribution is 7.93. The number of anilines is 1. The number of pyridine rings is 1. The molecule has 0 saturated carbocycles. The molecule has 4 aromatic rings. The van der Waals surface area contributed by atoms with Crippen molar-refractivity contribution in [3.63, 3.8) is 0 Å². The Kier molecular flexibility index (Phi) is 7.52. The van der Waals surface area contributed by atoms with Gasteiger partial charge in [0.25, 0.3) is 5.91 Å². The zero-order valence-electron chi connectivity index (χ0n) is 21.1. The van der Waals surface area contributed by atoms with Gasteiger partial charge in [-0.05, 0) is 69.0 Å². The van der Waals surface area contributed by atoms with E-state index in [4.69, 9.17) is 9.47 Å². The second-order valence-electron chi connectivity index (χ2n) is 9.42. The molecule has 0 unspecified atom stereocenters. The Morgan fingerprint density at radius 2 is 1.70 bits per heavy atom. The van der Waals surface area contributed by atoms with E-state index in [1.54, 1.807) is 57.2 Å². The van der Waals surface area contributed by atoms with E-state index in [9.17, 15) is 18.0 Å². The molecular formula is C27H28N2O6S2. The summed E-state index contributed by atoms with van der Waals surface area (Å²) in [6.07, 6.45) is -0.0871. The maximum absolute atomic E-state index is 14.2. The number of benzene rings is 2. The molecule has 10 heteroatoms. The molecule has 0 N–H and O–H groups in total. The van der Waals surface area contributed by atoms with Crippen LogP contribution in [0.2, 0.25) is 0 Å². The minimum absolute atomic E-state index is 0.00212. The number of carbonyl (C=O) groups excluding carboxylic acids is 2. The molecule has 0 saturated heterocycles. The predicted molar refractivity (Wildman–Crippen MR) is 146 cm³/mol. The topological polar surface area (TPSA) is 103 Å². The average Bonchev–Trinajstić information content (AvgIpc) is 3.29. The maximum atomic E-state index is 14.2. The van der Waals surface area contributed by atoms with E-state index in [1.807, 2.05) is 11.4 Å². The average molecular weight is 541 g/mol. The van der Waals surface area contributed by atoms with Gasteiger partial charge in [0, 0.05) is 17.2 Å². The zero-order valence-corrected chi connectivity index (χ0v) is 22.7. The van der Waals surface area contributed by atoms with Crippen molar-refractivity contribution in [3.05, 3.63) is 65.5 Å². The third kappa shape index (κ3) is 5.91. The summed E-state index contributed by atoms with van der Waals surface area (Å²) >= 11 is 1.38. The van der Waals surface area contributed by atoms with E-state index < -0.39 is 33.3 Å². The van der Waals surface area contributed by atoms with Crippen molar-refractivity contribution in [2.45, 2.75) is 39.2 Å². The van der Waals surface area contributed by atoms with Crippen LogP contribution in [0.1, 0.15) is 44.0 Å². The molecule has 194 valence electrons. The highest BCUT2D eigenvalue weighted by atomic mass is 32.2. The zero-order chi connectivity index (χ0) is 26.8. The Morgan fingerprint density at radius 1 is 1.00 bits per heavy atom. The highest BCUT2D eigenvalue weighted by Crippen LogP contribution is 2.33. The number of hydrogen-bond acceptors (Lipinski definition) is 8. The van der Waals surface area contributed by atoms with Crippen LogP contribution in [-0.2, 0) is 19.6 Å². The second kappa shape index (κ2) is 10.5. The Bertz CT molecular complexity index is 1550. The summed E-state index contributed by atoms with van der Waals surface area (Å²) in [6.45, 7) is 5.24. The third-order valence-corrected chi connectivity index (χ3v) is 8.04. The number of sulfonamides is 1. The van der Waals surface area contributed by atoms with Crippen LogP contribution in [0, 0.1) is 0 Å². The lowest BCUT2D eigenvalue weighted by atomic mass is 10.0. The van der Waals surface area contributed by atoms with Gasteiger partial charge in [-0.1, -0.05) is 18.2 Å². The minimum atomic E-state index is -4.18.